The minimum atomic E-state index is -0.354. The molecule has 0 unspecified atom stereocenters. The molecule has 5 rings (SSSR count). The van der Waals surface area contributed by atoms with Gasteiger partial charge in [-0.1, -0.05) is 18.2 Å². The lowest BCUT2D eigenvalue weighted by atomic mass is 10.0. The van der Waals surface area contributed by atoms with Gasteiger partial charge in [-0.15, -0.1) is 0 Å². The van der Waals surface area contributed by atoms with E-state index in [1.165, 1.54) is 12.4 Å². The lowest BCUT2D eigenvalue weighted by molar-refractivity contribution is -0.130. The molecule has 1 N–H and O–H groups in total. The lowest BCUT2D eigenvalue weighted by Gasteiger charge is -2.21. The number of halogens is 1. The van der Waals surface area contributed by atoms with Crippen LogP contribution in [0.3, 0.4) is 0 Å². The normalized spacial score (nSPS) is 16.1. The van der Waals surface area contributed by atoms with Crippen LogP contribution in [-0.4, -0.2) is 32.9 Å². The monoisotopic (exact) mass is 390 g/mol. The van der Waals surface area contributed by atoms with E-state index in [9.17, 15) is 9.18 Å². The van der Waals surface area contributed by atoms with Gasteiger partial charge in [0.15, 0.2) is 0 Å². The zero-order valence-corrected chi connectivity index (χ0v) is 16.4. The van der Waals surface area contributed by atoms with Crippen molar-refractivity contribution in [2.24, 2.45) is 0 Å². The molecule has 0 saturated heterocycles. The van der Waals surface area contributed by atoms with E-state index in [4.69, 9.17) is 0 Å². The summed E-state index contributed by atoms with van der Waals surface area (Å²) >= 11 is 0. The number of carbonyl (C=O) groups excluding carboxylic acids is 1. The highest BCUT2D eigenvalue weighted by molar-refractivity contribution is 5.93. The maximum Gasteiger partial charge on any atom is 0.219 e. The highest BCUT2D eigenvalue weighted by Gasteiger charge is 2.30. The van der Waals surface area contributed by atoms with Crippen LogP contribution in [0.1, 0.15) is 38.2 Å². The van der Waals surface area contributed by atoms with Crippen molar-refractivity contribution in [1.82, 2.24) is 14.9 Å². The molecule has 3 aromatic rings. The third-order valence-electron chi connectivity index (χ3n) is 5.62. The predicted octanol–water partition coefficient (Wildman–Crippen LogP) is 4.52. The van der Waals surface area contributed by atoms with Gasteiger partial charge in [0.2, 0.25) is 5.91 Å². The Bertz CT molecular complexity index is 1090. The largest absolute Gasteiger partial charge is 0.367 e. The number of nitrogens with zero attached hydrogens (tertiary/aromatic N) is 3. The molecule has 2 fully saturated rings. The van der Waals surface area contributed by atoms with Crippen molar-refractivity contribution >= 4 is 22.6 Å². The molecule has 6 heteroatoms. The first-order valence-electron chi connectivity index (χ1n) is 10.2. The van der Waals surface area contributed by atoms with Crippen LogP contribution in [0, 0.1) is 5.82 Å². The molecule has 2 aromatic carbocycles. The standard InChI is InChI=1S/C23H23FN4O/c1-14(29)28(19-7-8-19)12-15-3-2-4-16(9-15)17-10-20-22(21(24)11-17)25-13-26-23(20)27-18-5-6-18/h2-4,9-11,13,18-19H,5-8,12H2,1H3,(H,25,26,27). The Hall–Kier alpha value is -3.02. The van der Waals surface area contributed by atoms with E-state index in [0.717, 1.165) is 42.4 Å². The first-order chi connectivity index (χ1) is 14.1. The first-order valence-corrected chi connectivity index (χ1v) is 10.2. The van der Waals surface area contributed by atoms with Gasteiger partial charge < -0.3 is 10.2 Å². The van der Waals surface area contributed by atoms with Crippen LogP contribution in [0.5, 0.6) is 0 Å². The van der Waals surface area contributed by atoms with Crippen LogP contribution in [-0.2, 0) is 11.3 Å². The maximum atomic E-state index is 14.8. The molecule has 0 aliphatic heterocycles. The average molecular weight is 390 g/mol. The Morgan fingerprint density at radius 3 is 2.69 bits per heavy atom. The van der Waals surface area contributed by atoms with Crippen molar-refractivity contribution in [1.29, 1.82) is 0 Å². The summed E-state index contributed by atoms with van der Waals surface area (Å²) in [6.45, 7) is 2.21. The molecular weight excluding hydrogens is 367 g/mol. The highest BCUT2D eigenvalue weighted by atomic mass is 19.1. The Morgan fingerprint density at radius 1 is 1.14 bits per heavy atom. The number of benzene rings is 2. The molecule has 0 atom stereocenters. The molecule has 5 nitrogen and oxygen atoms in total. The third kappa shape index (κ3) is 3.79. The van der Waals surface area contributed by atoms with Crippen molar-refractivity contribution in [2.75, 3.05) is 5.32 Å². The topological polar surface area (TPSA) is 58.1 Å². The van der Waals surface area contributed by atoms with Gasteiger partial charge in [-0.3, -0.25) is 4.79 Å². The Balaban J connectivity index is 1.51. The summed E-state index contributed by atoms with van der Waals surface area (Å²) in [5, 5.41) is 4.07. The molecule has 1 amide bonds. The number of nitrogens with one attached hydrogen (secondary N) is 1. The number of carbonyl (C=O) groups is 1. The van der Waals surface area contributed by atoms with E-state index < -0.39 is 0 Å². The first kappa shape index (κ1) is 18.0. The molecule has 0 spiro atoms. The van der Waals surface area contributed by atoms with Crippen LogP contribution in [0.15, 0.2) is 42.7 Å². The van der Waals surface area contributed by atoms with E-state index in [-0.39, 0.29) is 11.7 Å². The quantitative estimate of drug-likeness (QED) is 0.672. The molecule has 2 aliphatic rings. The van der Waals surface area contributed by atoms with Crippen LogP contribution < -0.4 is 5.32 Å². The fourth-order valence-electron chi connectivity index (χ4n) is 3.76. The summed E-state index contributed by atoms with van der Waals surface area (Å²) in [5.41, 5.74) is 3.08. The number of amides is 1. The van der Waals surface area contributed by atoms with Gasteiger partial charge in [0.1, 0.15) is 23.5 Å². The summed E-state index contributed by atoms with van der Waals surface area (Å²) in [6.07, 6.45) is 5.79. The van der Waals surface area contributed by atoms with Gasteiger partial charge in [-0.05, 0) is 60.6 Å². The van der Waals surface area contributed by atoms with Crippen LogP contribution in [0.4, 0.5) is 10.2 Å². The number of rotatable bonds is 6. The zero-order valence-electron chi connectivity index (χ0n) is 16.4. The number of aromatic nitrogens is 2. The minimum Gasteiger partial charge on any atom is -0.367 e. The molecule has 29 heavy (non-hydrogen) atoms. The Kier molecular flexibility index (Phi) is 4.42. The van der Waals surface area contributed by atoms with E-state index in [2.05, 4.69) is 15.3 Å². The fraction of sp³-hybridized carbons (Fsp3) is 0.348. The second-order valence-electron chi connectivity index (χ2n) is 8.07. The van der Waals surface area contributed by atoms with Gasteiger partial charge in [0.05, 0.1) is 0 Å². The van der Waals surface area contributed by atoms with E-state index in [0.29, 0.717) is 35.3 Å². The maximum absolute atomic E-state index is 14.8. The fourth-order valence-corrected chi connectivity index (χ4v) is 3.76. The van der Waals surface area contributed by atoms with E-state index in [1.54, 1.807) is 6.92 Å². The molecular formula is C23H23FN4O. The van der Waals surface area contributed by atoms with E-state index >= 15 is 0 Å². The highest BCUT2D eigenvalue weighted by Crippen LogP contribution is 2.33. The average Bonchev–Trinajstić information content (AvgIpc) is 3.61. The van der Waals surface area contributed by atoms with Gasteiger partial charge in [-0.25, -0.2) is 14.4 Å². The molecule has 0 bridgehead atoms. The molecule has 2 aliphatic carbocycles. The van der Waals surface area contributed by atoms with Gasteiger partial charge in [0, 0.05) is 30.9 Å². The number of hydrogen-bond acceptors (Lipinski definition) is 4. The van der Waals surface area contributed by atoms with Crippen molar-refractivity contribution in [2.45, 2.75) is 51.2 Å². The van der Waals surface area contributed by atoms with Crippen LogP contribution >= 0.6 is 0 Å². The Labute approximate surface area is 169 Å². The lowest BCUT2D eigenvalue weighted by Crippen LogP contribution is -2.30. The van der Waals surface area contributed by atoms with Gasteiger partial charge in [-0.2, -0.15) is 0 Å². The van der Waals surface area contributed by atoms with Crippen molar-refractivity contribution in [3.05, 3.63) is 54.1 Å². The number of hydrogen-bond donors (Lipinski definition) is 1. The van der Waals surface area contributed by atoms with Crippen molar-refractivity contribution < 1.29 is 9.18 Å². The minimum absolute atomic E-state index is 0.0996. The molecule has 1 heterocycles. The molecule has 0 radical (unpaired) electrons. The summed E-state index contributed by atoms with van der Waals surface area (Å²) in [6, 6.07) is 12.2. The number of fused-ring (bicyclic) bond motifs is 1. The van der Waals surface area contributed by atoms with Gasteiger partial charge in [0.25, 0.3) is 0 Å². The summed E-state index contributed by atoms with van der Waals surface area (Å²) in [7, 11) is 0. The summed E-state index contributed by atoms with van der Waals surface area (Å²) < 4.78 is 14.8. The summed E-state index contributed by atoms with van der Waals surface area (Å²) in [5.74, 6) is 0.431. The smallest absolute Gasteiger partial charge is 0.219 e. The van der Waals surface area contributed by atoms with Crippen LogP contribution in [0.25, 0.3) is 22.0 Å². The number of anilines is 1. The third-order valence-corrected chi connectivity index (χ3v) is 5.62. The van der Waals surface area contributed by atoms with Crippen LogP contribution in [0.2, 0.25) is 0 Å². The molecule has 2 saturated carbocycles. The van der Waals surface area contributed by atoms with Crippen molar-refractivity contribution in [3.8, 4) is 11.1 Å². The molecule has 148 valence electrons. The predicted molar refractivity (Wildman–Crippen MR) is 111 cm³/mol. The second-order valence-corrected chi connectivity index (χ2v) is 8.07. The zero-order chi connectivity index (χ0) is 20.0. The van der Waals surface area contributed by atoms with Crippen molar-refractivity contribution in [3.63, 3.8) is 0 Å². The van der Waals surface area contributed by atoms with Gasteiger partial charge >= 0.3 is 0 Å². The van der Waals surface area contributed by atoms with E-state index in [1.807, 2.05) is 35.2 Å². The summed E-state index contributed by atoms with van der Waals surface area (Å²) in [4.78, 5) is 22.4. The Morgan fingerprint density at radius 2 is 1.97 bits per heavy atom. The second kappa shape index (κ2) is 7.10. The SMILES string of the molecule is CC(=O)N(Cc1cccc(-c2cc(F)c3ncnc(NC4CC4)c3c2)c1)C1CC1. The molecule has 1 aromatic heterocycles.